The van der Waals surface area contributed by atoms with Crippen molar-refractivity contribution in [3.8, 4) is 5.75 Å². The first kappa shape index (κ1) is 13.0. The second-order valence-corrected chi connectivity index (χ2v) is 5.08. The van der Waals surface area contributed by atoms with Gasteiger partial charge in [-0.2, -0.15) is 8.42 Å². The van der Waals surface area contributed by atoms with Gasteiger partial charge in [-0.25, -0.2) is 0 Å². The molecule has 1 aromatic carbocycles. The molecule has 90 valence electrons. The van der Waals surface area contributed by atoms with Gasteiger partial charge in [-0.3, -0.25) is 4.18 Å². The topological polar surface area (TPSA) is 52.6 Å². The SMILES string of the molecule is CCOc1ccc(S(=O)(=O)OC(C)C)cc1. The highest BCUT2D eigenvalue weighted by molar-refractivity contribution is 7.86. The standard InChI is InChI=1S/C11H16O4S/c1-4-14-10-5-7-11(8-6-10)16(12,13)15-9(2)3/h5-9H,4H2,1-3H3. The van der Waals surface area contributed by atoms with Crippen LogP contribution in [0.1, 0.15) is 20.8 Å². The summed E-state index contributed by atoms with van der Waals surface area (Å²) in [5.74, 6) is 0.644. The molecule has 5 heteroatoms. The highest BCUT2D eigenvalue weighted by atomic mass is 32.2. The van der Waals surface area contributed by atoms with E-state index in [0.29, 0.717) is 12.4 Å². The summed E-state index contributed by atoms with van der Waals surface area (Å²) < 4.78 is 33.4. The summed E-state index contributed by atoms with van der Waals surface area (Å²) in [6.07, 6.45) is -0.364. The highest BCUT2D eigenvalue weighted by Crippen LogP contribution is 2.18. The molecule has 0 heterocycles. The number of ether oxygens (including phenoxy) is 1. The number of hydrogen-bond donors (Lipinski definition) is 0. The number of hydrogen-bond acceptors (Lipinski definition) is 4. The summed E-state index contributed by atoms with van der Waals surface area (Å²) in [4.78, 5) is 0.143. The van der Waals surface area contributed by atoms with Crippen LogP contribution in [0.2, 0.25) is 0 Å². The lowest BCUT2D eigenvalue weighted by Gasteiger charge is -2.09. The van der Waals surface area contributed by atoms with Gasteiger partial charge >= 0.3 is 0 Å². The Morgan fingerprint density at radius 2 is 1.75 bits per heavy atom. The van der Waals surface area contributed by atoms with E-state index in [1.807, 2.05) is 6.92 Å². The van der Waals surface area contributed by atoms with Gasteiger partial charge in [0.25, 0.3) is 10.1 Å². The van der Waals surface area contributed by atoms with Crippen LogP contribution < -0.4 is 4.74 Å². The van der Waals surface area contributed by atoms with Gasteiger partial charge in [0.05, 0.1) is 17.6 Å². The largest absolute Gasteiger partial charge is 0.494 e. The quantitative estimate of drug-likeness (QED) is 0.745. The molecule has 0 aromatic heterocycles. The van der Waals surface area contributed by atoms with E-state index >= 15 is 0 Å². The van der Waals surface area contributed by atoms with E-state index in [1.54, 1.807) is 26.0 Å². The van der Waals surface area contributed by atoms with Crippen LogP contribution in [0.5, 0.6) is 5.75 Å². The monoisotopic (exact) mass is 244 g/mol. The lowest BCUT2D eigenvalue weighted by molar-refractivity contribution is 0.249. The van der Waals surface area contributed by atoms with Crippen molar-refractivity contribution in [2.75, 3.05) is 6.61 Å². The minimum atomic E-state index is -3.65. The molecule has 0 atom stereocenters. The summed E-state index contributed by atoms with van der Waals surface area (Å²) in [7, 11) is -3.65. The molecule has 1 rings (SSSR count). The highest BCUT2D eigenvalue weighted by Gasteiger charge is 2.16. The Morgan fingerprint density at radius 1 is 1.19 bits per heavy atom. The first-order valence-electron chi connectivity index (χ1n) is 5.12. The maximum absolute atomic E-state index is 11.6. The second kappa shape index (κ2) is 5.32. The normalized spacial score (nSPS) is 11.8. The Labute approximate surface area is 96.3 Å². The van der Waals surface area contributed by atoms with E-state index in [0.717, 1.165) is 0 Å². The average Bonchev–Trinajstić information content (AvgIpc) is 2.17. The molecule has 0 aliphatic rings. The third-order valence-electron chi connectivity index (χ3n) is 1.74. The molecule has 0 radical (unpaired) electrons. The van der Waals surface area contributed by atoms with Crippen molar-refractivity contribution in [1.82, 2.24) is 0 Å². The second-order valence-electron chi connectivity index (χ2n) is 3.50. The van der Waals surface area contributed by atoms with Crippen molar-refractivity contribution in [3.05, 3.63) is 24.3 Å². The number of rotatable bonds is 5. The van der Waals surface area contributed by atoms with E-state index in [1.165, 1.54) is 12.1 Å². The van der Waals surface area contributed by atoms with E-state index in [2.05, 4.69) is 0 Å². The third-order valence-corrected chi connectivity index (χ3v) is 3.23. The first-order chi connectivity index (χ1) is 7.45. The molecular weight excluding hydrogens is 228 g/mol. The van der Waals surface area contributed by atoms with Crippen molar-refractivity contribution in [2.24, 2.45) is 0 Å². The zero-order chi connectivity index (χ0) is 12.2. The average molecular weight is 244 g/mol. The van der Waals surface area contributed by atoms with Gasteiger partial charge in [0.2, 0.25) is 0 Å². The summed E-state index contributed by atoms with van der Waals surface area (Å²) in [5.41, 5.74) is 0. The van der Waals surface area contributed by atoms with E-state index in [-0.39, 0.29) is 11.0 Å². The Morgan fingerprint density at radius 3 is 2.19 bits per heavy atom. The summed E-state index contributed by atoms with van der Waals surface area (Å²) in [5, 5.41) is 0. The van der Waals surface area contributed by atoms with Crippen LogP contribution in [-0.2, 0) is 14.3 Å². The maximum Gasteiger partial charge on any atom is 0.297 e. The number of benzene rings is 1. The molecule has 0 N–H and O–H groups in total. The predicted octanol–water partition coefficient (Wildman–Crippen LogP) is 2.20. The molecule has 0 saturated heterocycles. The van der Waals surface area contributed by atoms with Crippen LogP contribution in [0.3, 0.4) is 0 Å². The van der Waals surface area contributed by atoms with Crippen LogP contribution in [0, 0.1) is 0 Å². The molecule has 0 aliphatic carbocycles. The van der Waals surface area contributed by atoms with Gasteiger partial charge in [0.15, 0.2) is 0 Å². The van der Waals surface area contributed by atoms with Crippen LogP contribution in [-0.4, -0.2) is 21.1 Å². The minimum absolute atomic E-state index is 0.143. The van der Waals surface area contributed by atoms with Gasteiger partial charge in [0.1, 0.15) is 5.75 Å². The third kappa shape index (κ3) is 3.50. The maximum atomic E-state index is 11.6. The van der Waals surface area contributed by atoms with Gasteiger partial charge in [-0.05, 0) is 45.0 Å². The minimum Gasteiger partial charge on any atom is -0.494 e. The van der Waals surface area contributed by atoms with Gasteiger partial charge in [0, 0.05) is 0 Å². The van der Waals surface area contributed by atoms with Crippen LogP contribution in [0.25, 0.3) is 0 Å². The molecule has 16 heavy (non-hydrogen) atoms. The van der Waals surface area contributed by atoms with Crippen molar-refractivity contribution < 1.29 is 17.3 Å². The smallest absolute Gasteiger partial charge is 0.297 e. The Bertz CT molecular complexity index is 420. The Kier molecular flexibility index (Phi) is 4.32. The fraction of sp³-hybridized carbons (Fsp3) is 0.455. The van der Waals surface area contributed by atoms with Crippen molar-refractivity contribution in [3.63, 3.8) is 0 Å². The summed E-state index contributed by atoms with van der Waals surface area (Å²) >= 11 is 0. The molecular formula is C11H16O4S. The van der Waals surface area contributed by atoms with E-state index in [9.17, 15) is 8.42 Å². The molecule has 0 bridgehead atoms. The summed E-state index contributed by atoms with van der Waals surface area (Å²) in [6, 6.07) is 6.17. The van der Waals surface area contributed by atoms with Gasteiger partial charge in [-0.1, -0.05) is 0 Å². The Balaban J connectivity index is 2.89. The first-order valence-corrected chi connectivity index (χ1v) is 6.52. The molecule has 0 unspecified atom stereocenters. The molecule has 0 fully saturated rings. The lowest BCUT2D eigenvalue weighted by atomic mass is 10.3. The van der Waals surface area contributed by atoms with Crippen molar-refractivity contribution in [1.29, 1.82) is 0 Å². The zero-order valence-electron chi connectivity index (χ0n) is 9.64. The fourth-order valence-electron chi connectivity index (χ4n) is 1.18. The van der Waals surface area contributed by atoms with Gasteiger partial charge in [-0.15, -0.1) is 0 Å². The molecule has 0 aliphatic heterocycles. The molecule has 0 saturated carbocycles. The van der Waals surface area contributed by atoms with E-state index in [4.69, 9.17) is 8.92 Å². The van der Waals surface area contributed by atoms with E-state index < -0.39 is 10.1 Å². The molecule has 0 amide bonds. The van der Waals surface area contributed by atoms with Gasteiger partial charge < -0.3 is 4.74 Å². The molecule has 0 spiro atoms. The van der Waals surface area contributed by atoms with Crippen molar-refractivity contribution in [2.45, 2.75) is 31.8 Å². The van der Waals surface area contributed by atoms with Crippen LogP contribution >= 0.6 is 0 Å². The molecule has 1 aromatic rings. The van der Waals surface area contributed by atoms with Crippen LogP contribution in [0.4, 0.5) is 0 Å². The fourth-order valence-corrected chi connectivity index (χ4v) is 2.27. The predicted molar refractivity (Wildman–Crippen MR) is 61.0 cm³/mol. The Hall–Kier alpha value is -1.07. The lowest BCUT2D eigenvalue weighted by Crippen LogP contribution is -2.12. The zero-order valence-corrected chi connectivity index (χ0v) is 10.5. The van der Waals surface area contributed by atoms with Crippen LogP contribution in [0.15, 0.2) is 29.2 Å². The molecule has 4 nitrogen and oxygen atoms in total. The van der Waals surface area contributed by atoms with Crippen molar-refractivity contribution >= 4 is 10.1 Å². The summed E-state index contributed by atoms with van der Waals surface area (Å²) in [6.45, 7) is 5.76.